The summed E-state index contributed by atoms with van der Waals surface area (Å²) in [6.45, 7) is 2.86. The molecule has 0 amide bonds. The molecular weight excluding hydrogens is 252 g/mol. The Bertz CT molecular complexity index is 504. The number of hydrogen-bond acceptors (Lipinski definition) is 3. The highest BCUT2D eigenvalue weighted by Crippen LogP contribution is 2.28. The molecule has 0 bridgehead atoms. The number of carboxylic acids is 1. The smallest absolute Gasteiger partial charge is 0.320 e. The molecule has 20 heavy (non-hydrogen) atoms. The first-order valence-corrected chi connectivity index (χ1v) is 7.12. The van der Waals surface area contributed by atoms with Crippen molar-refractivity contribution in [1.29, 1.82) is 5.26 Å². The lowest BCUT2D eigenvalue weighted by molar-refractivity contribution is -0.144. The van der Waals surface area contributed by atoms with Gasteiger partial charge in [0.15, 0.2) is 0 Å². The van der Waals surface area contributed by atoms with Crippen molar-refractivity contribution in [1.82, 2.24) is 4.90 Å². The Morgan fingerprint density at radius 2 is 2.05 bits per heavy atom. The fourth-order valence-corrected chi connectivity index (χ4v) is 2.89. The van der Waals surface area contributed by atoms with Gasteiger partial charge < -0.3 is 5.11 Å². The molecule has 0 aliphatic carbocycles. The number of hydrogen-bond donors (Lipinski definition) is 1. The molecule has 1 saturated heterocycles. The van der Waals surface area contributed by atoms with Crippen LogP contribution < -0.4 is 0 Å². The molecule has 1 N–H and O–H groups in total. The van der Waals surface area contributed by atoms with Gasteiger partial charge in [-0.2, -0.15) is 5.26 Å². The molecular formula is C16H20N2O2. The standard InChI is InChI=1S/C16H20N2O2/c1-12(14-8-6-13(11-17)7-9-14)18-10-4-2-3-5-15(18)16(19)20/h6-9,12,15H,2-5,10H2,1H3,(H,19,20). The number of carbonyl (C=O) groups is 1. The molecule has 1 heterocycles. The molecule has 0 aromatic heterocycles. The number of likely N-dealkylation sites (tertiary alicyclic amines) is 1. The van der Waals surface area contributed by atoms with Crippen LogP contribution in [0.1, 0.15) is 49.8 Å². The van der Waals surface area contributed by atoms with E-state index in [9.17, 15) is 9.90 Å². The number of carboxylic acid groups (broad SMARTS) is 1. The van der Waals surface area contributed by atoms with Gasteiger partial charge in [-0.3, -0.25) is 9.69 Å². The van der Waals surface area contributed by atoms with Crippen LogP contribution in [0.25, 0.3) is 0 Å². The second-order valence-electron chi connectivity index (χ2n) is 5.35. The molecule has 1 aromatic carbocycles. The van der Waals surface area contributed by atoms with Gasteiger partial charge in [0.2, 0.25) is 0 Å². The van der Waals surface area contributed by atoms with Gasteiger partial charge in [0, 0.05) is 6.04 Å². The third kappa shape index (κ3) is 3.17. The zero-order valence-electron chi connectivity index (χ0n) is 11.7. The van der Waals surface area contributed by atoms with Crippen molar-refractivity contribution in [3.05, 3.63) is 35.4 Å². The summed E-state index contributed by atoms with van der Waals surface area (Å²) in [6, 6.07) is 9.19. The Labute approximate surface area is 119 Å². The molecule has 106 valence electrons. The van der Waals surface area contributed by atoms with Gasteiger partial charge >= 0.3 is 5.97 Å². The molecule has 0 radical (unpaired) electrons. The van der Waals surface area contributed by atoms with Gasteiger partial charge in [0.25, 0.3) is 0 Å². The van der Waals surface area contributed by atoms with Gasteiger partial charge in [-0.15, -0.1) is 0 Å². The average molecular weight is 272 g/mol. The van der Waals surface area contributed by atoms with Gasteiger partial charge in [-0.05, 0) is 44.0 Å². The van der Waals surface area contributed by atoms with Crippen LogP contribution in [0.5, 0.6) is 0 Å². The summed E-state index contributed by atoms with van der Waals surface area (Å²) in [4.78, 5) is 13.5. The van der Waals surface area contributed by atoms with Crippen molar-refractivity contribution in [2.24, 2.45) is 0 Å². The quantitative estimate of drug-likeness (QED) is 0.918. The summed E-state index contributed by atoms with van der Waals surface area (Å²) in [6.07, 6.45) is 3.84. The lowest BCUT2D eigenvalue weighted by atomic mass is 10.0. The summed E-state index contributed by atoms with van der Waals surface area (Å²) in [5.74, 6) is -0.729. The molecule has 0 saturated carbocycles. The van der Waals surface area contributed by atoms with Crippen LogP contribution in [-0.2, 0) is 4.79 Å². The highest BCUT2D eigenvalue weighted by atomic mass is 16.4. The molecule has 1 aliphatic heterocycles. The highest BCUT2D eigenvalue weighted by molar-refractivity contribution is 5.73. The van der Waals surface area contributed by atoms with Crippen molar-refractivity contribution < 1.29 is 9.90 Å². The molecule has 1 fully saturated rings. The highest BCUT2D eigenvalue weighted by Gasteiger charge is 2.30. The zero-order valence-corrected chi connectivity index (χ0v) is 11.7. The van der Waals surface area contributed by atoms with Gasteiger partial charge in [-0.1, -0.05) is 25.0 Å². The maximum absolute atomic E-state index is 11.5. The molecule has 4 nitrogen and oxygen atoms in total. The summed E-state index contributed by atoms with van der Waals surface area (Å²) >= 11 is 0. The third-order valence-electron chi connectivity index (χ3n) is 4.10. The first kappa shape index (κ1) is 14.5. The van der Waals surface area contributed by atoms with Crippen LogP contribution in [0, 0.1) is 11.3 Å². The minimum atomic E-state index is -0.729. The fraction of sp³-hybridized carbons (Fsp3) is 0.500. The van der Waals surface area contributed by atoms with Crippen LogP contribution >= 0.6 is 0 Å². The number of nitriles is 1. The van der Waals surface area contributed by atoms with E-state index < -0.39 is 12.0 Å². The first-order valence-electron chi connectivity index (χ1n) is 7.12. The van der Waals surface area contributed by atoms with Gasteiger partial charge in [-0.25, -0.2) is 0 Å². The zero-order chi connectivity index (χ0) is 14.5. The predicted octanol–water partition coefficient (Wildman–Crippen LogP) is 2.95. The van der Waals surface area contributed by atoms with E-state index >= 15 is 0 Å². The largest absolute Gasteiger partial charge is 0.480 e. The van der Waals surface area contributed by atoms with Crippen molar-refractivity contribution in [3.63, 3.8) is 0 Å². The van der Waals surface area contributed by atoms with Gasteiger partial charge in [0.1, 0.15) is 6.04 Å². The van der Waals surface area contributed by atoms with E-state index in [0.717, 1.165) is 37.8 Å². The Kier molecular flexibility index (Phi) is 4.75. The normalized spacial score (nSPS) is 21.7. The lowest BCUT2D eigenvalue weighted by Gasteiger charge is -2.33. The van der Waals surface area contributed by atoms with E-state index in [2.05, 4.69) is 11.0 Å². The summed E-state index contributed by atoms with van der Waals surface area (Å²) in [5.41, 5.74) is 1.70. The molecule has 1 aliphatic rings. The molecule has 0 spiro atoms. The van der Waals surface area contributed by atoms with Crippen molar-refractivity contribution in [2.75, 3.05) is 6.54 Å². The average Bonchev–Trinajstić information content (AvgIpc) is 2.72. The van der Waals surface area contributed by atoms with Crippen molar-refractivity contribution in [3.8, 4) is 6.07 Å². The minimum Gasteiger partial charge on any atom is -0.480 e. The van der Waals surface area contributed by atoms with Crippen LogP contribution in [0.4, 0.5) is 0 Å². The number of rotatable bonds is 3. The summed E-state index contributed by atoms with van der Waals surface area (Å²) in [5, 5.41) is 18.3. The topological polar surface area (TPSA) is 64.3 Å². The number of nitrogens with zero attached hydrogens (tertiary/aromatic N) is 2. The maximum Gasteiger partial charge on any atom is 0.320 e. The van der Waals surface area contributed by atoms with Crippen LogP contribution in [-0.4, -0.2) is 28.6 Å². The Balaban J connectivity index is 2.21. The van der Waals surface area contributed by atoms with Crippen LogP contribution in [0.3, 0.4) is 0 Å². The predicted molar refractivity (Wildman–Crippen MR) is 76.2 cm³/mol. The Hall–Kier alpha value is -1.86. The molecule has 4 heteroatoms. The maximum atomic E-state index is 11.5. The monoisotopic (exact) mass is 272 g/mol. The molecule has 2 rings (SSSR count). The first-order chi connectivity index (χ1) is 9.63. The second kappa shape index (κ2) is 6.53. The van der Waals surface area contributed by atoms with Crippen molar-refractivity contribution in [2.45, 2.75) is 44.7 Å². The molecule has 2 atom stereocenters. The Morgan fingerprint density at radius 1 is 1.35 bits per heavy atom. The van der Waals surface area contributed by atoms with E-state index in [0.29, 0.717) is 5.56 Å². The second-order valence-corrected chi connectivity index (χ2v) is 5.35. The van der Waals surface area contributed by atoms with E-state index in [-0.39, 0.29) is 6.04 Å². The van der Waals surface area contributed by atoms with Crippen LogP contribution in [0.15, 0.2) is 24.3 Å². The summed E-state index contributed by atoms with van der Waals surface area (Å²) in [7, 11) is 0. The van der Waals surface area contributed by atoms with E-state index in [1.54, 1.807) is 12.1 Å². The van der Waals surface area contributed by atoms with Crippen LogP contribution in [0.2, 0.25) is 0 Å². The SMILES string of the molecule is CC(c1ccc(C#N)cc1)N1CCCCCC1C(=O)O. The van der Waals surface area contributed by atoms with Gasteiger partial charge in [0.05, 0.1) is 11.6 Å². The van der Waals surface area contributed by atoms with Crippen molar-refractivity contribution >= 4 is 5.97 Å². The fourth-order valence-electron chi connectivity index (χ4n) is 2.89. The number of aliphatic carboxylic acids is 1. The molecule has 2 unspecified atom stereocenters. The minimum absolute atomic E-state index is 0.0574. The number of benzene rings is 1. The summed E-state index contributed by atoms with van der Waals surface area (Å²) < 4.78 is 0. The van der Waals surface area contributed by atoms with E-state index in [1.807, 2.05) is 19.1 Å². The Morgan fingerprint density at radius 3 is 2.65 bits per heavy atom. The lowest BCUT2D eigenvalue weighted by Crippen LogP contribution is -2.42. The third-order valence-corrected chi connectivity index (χ3v) is 4.10. The van der Waals surface area contributed by atoms with E-state index in [4.69, 9.17) is 5.26 Å². The van der Waals surface area contributed by atoms with E-state index in [1.165, 1.54) is 0 Å². The molecule has 1 aromatic rings.